The number of rotatable bonds is 11. The molecule has 3 aromatic carbocycles. The topological polar surface area (TPSA) is 86.8 Å². The molecule has 1 heterocycles. The molecular weight excluding hydrogens is 502 g/mol. The molecule has 0 unspecified atom stereocenters. The van der Waals surface area contributed by atoms with Crippen LogP contribution in [0.1, 0.15) is 51.6 Å². The van der Waals surface area contributed by atoms with E-state index in [9.17, 15) is 19.2 Å². The summed E-state index contributed by atoms with van der Waals surface area (Å²) in [5.74, 6) is -1.18. The van der Waals surface area contributed by atoms with Crippen LogP contribution in [0.3, 0.4) is 0 Å². The van der Waals surface area contributed by atoms with Gasteiger partial charge in [0.25, 0.3) is 11.8 Å². The highest BCUT2D eigenvalue weighted by atomic mass is 35.5. The maximum atomic E-state index is 13.7. The number of imide groups is 1. The molecule has 0 saturated carbocycles. The van der Waals surface area contributed by atoms with Crippen LogP contribution in [0.25, 0.3) is 0 Å². The van der Waals surface area contributed by atoms with Gasteiger partial charge in [-0.3, -0.25) is 24.1 Å². The third-order valence-corrected chi connectivity index (χ3v) is 6.75. The Balaban J connectivity index is 1.53. The van der Waals surface area contributed by atoms with Gasteiger partial charge >= 0.3 is 0 Å². The lowest BCUT2D eigenvalue weighted by Crippen LogP contribution is -2.50. The third-order valence-electron chi connectivity index (χ3n) is 6.51. The molecule has 3 aromatic rings. The van der Waals surface area contributed by atoms with Crippen molar-refractivity contribution in [3.05, 3.63) is 106 Å². The van der Waals surface area contributed by atoms with Crippen molar-refractivity contribution in [2.75, 3.05) is 13.1 Å². The van der Waals surface area contributed by atoms with Crippen LogP contribution in [0.4, 0.5) is 0 Å². The van der Waals surface area contributed by atoms with Crippen molar-refractivity contribution in [1.82, 2.24) is 15.1 Å². The summed E-state index contributed by atoms with van der Waals surface area (Å²) < 4.78 is 0. The molecule has 0 saturated heterocycles. The van der Waals surface area contributed by atoms with Crippen LogP contribution in [0.2, 0.25) is 5.02 Å². The van der Waals surface area contributed by atoms with Crippen LogP contribution in [0.5, 0.6) is 0 Å². The molecule has 0 spiro atoms. The van der Waals surface area contributed by atoms with Gasteiger partial charge in [0.2, 0.25) is 11.8 Å². The average Bonchev–Trinajstić information content (AvgIpc) is 3.16. The van der Waals surface area contributed by atoms with Gasteiger partial charge in [0, 0.05) is 37.5 Å². The molecule has 7 nitrogen and oxygen atoms in total. The van der Waals surface area contributed by atoms with E-state index in [1.807, 2.05) is 43.3 Å². The first-order chi connectivity index (χ1) is 18.4. The van der Waals surface area contributed by atoms with Gasteiger partial charge < -0.3 is 10.2 Å². The molecule has 0 fully saturated rings. The lowest BCUT2D eigenvalue weighted by molar-refractivity contribution is -0.141. The predicted molar refractivity (Wildman–Crippen MR) is 146 cm³/mol. The van der Waals surface area contributed by atoms with E-state index >= 15 is 0 Å². The Morgan fingerprint density at radius 3 is 2.16 bits per heavy atom. The van der Waals surface area contributed by atoms with Crippen LogP contribution in [0.15, 0.2) is 78.9 Å². The zero-order valence-corrected chi connectivity index (χ0v) is 22.0. The van der Waals surface area contributed by atoms with Gasteiger partial charge in [-0.05, 0) is 48.7 Å². The van der Waals surface area contributed by atoms with Crippen LogP contribution < -0.4 is 5.32 Å². The SMILES string of the molecule is CCNC(=O)[C@H](Cc1ccccc1)N(Cc1cccc(Cl)c1)C(=O)CCCN1C(=O)c2ccccc2C1=O. The van der Waals surface area contributed by atoms with Crippen molar-refractivity contribution < 1.29 is 19.2 Å². The van der Waals surface area contributed by atoms with Crippen molar-refractivity contribution in [2.24, 2.45) is 0 Å². The van der Waals surface area contributed by atoms with Crippen molar-refractivity contribution in [3.8, 4) is 0 Å². The molecule has 0 aromatic heterocycles. The fourth-order valence-electron chi connectivity index (χ4n) is 4.65. The lowest BCUT2D eigenvalue weighted by Gasteiger charge is -2.31. The Hall–Kier alpha value is -3.97. The number of carbonyl (C=O) groups is 4. The summed E-state index contributed by atoms with van der Waals surface area (Å²) in [6.45, 7) is 2.58. The largest absolute Gasteiger partial charge is 0.355 e. The molecular formula is C30H30ClN3O4. The molecule has 38 heavy (non-hydrogen) atoms. The second kappa shape index (κ2) is 12.5. The number of nitrogens with one attached hydrogen (secondary N) is 1. The summed E-state index contributed by atoms with van der Waals surface area (Å²) in [5, 5.41) is 3.40. The van der Waals surface area contributed by atoms with E-state index in [2.05, 4.69) is 5.32 Å². The van der Waals surface area contributed by atoms with E-state index in [0.717, 1.165) is 11.1 Å². The molecule has 0 aliphatic carbocycles. The smallest absolute Gasteiger partial charge is 0.261 e. The van der Waals surface area contributed by atoms with Crippen molar-refractivity contribution in [3.63, 3.8) is 0 Å². The fourth-order valence-corrected chi connectivity index (χ4v) is 4.87. The molecule has 4 amide bonds. The number of amides is 4. The van der Waals surface area contributed by atoms with Crippen molar-refractivity contribution >= 4 is 35.2 Å². The van der Waals surface area contributed by atoms with E-state index in [1.165, 1.54) is 4.90 Å². The van der Waals surface area contributed by atoms with E-state index in [1.54, 1.807) is 47.4 Å². The number of carbonyl (C=O) groups excluding carboxylic acids is 4. The van der Waals surface area contributed by atoms with Gasteiger partial charge in [0.15, 0.2) is 0 Å². The first-order valence-corrected chi connectivity index (χ1v) is 13.1. The maximum Gasteiger partial charge on any atom is 0.261 e. The molecule has 1 aliphatic heterocycles. The number of likely N-dealkylation sites (N-methyl/N-ethyl adjacent to an activating group) is 1. The fraction of sp³-hybridized carbons (Fsp3) is 0.267. The van der Waals surface area contributed by atoms with Gasteiger partial charge in [0.1, 0.15) is 6.04 Å². The highest BCUT2D eigenvalue weighted by Gasteiger charge is 2.35. The van der Waals surface area contributed by atoms with E-state index in [0.29, 0.717) is 29.1 Å². The summed E-state index contributed by atoms with van der Waals surface area (Å²) in [6, 6.07) is 22.7. The second-order valence-corrected chi connectivity index (χ2v) is 9.60. The molecule has 1 atom stereocenters. The number of benzene rings is 3. The van der Waals surface area contributed by atoms with Gasteiger partial charge in [-0.2, -0.15) is 0 Å². The predicted octanol–water partition coefficient (Wildman–Crippen LogP) is 4.49. The van der Waals surface area contributed by atoms with Crippen LogP contribution in [-0.2, 0) is 22.6 Å². The minimum atomic E-state index is -0.747. The summed E-state index contributed by atoms with van der Waals surface area (Å²) in [5.41, 5.74) is 2.49. The standard InChI is InChI=1S/C30H30ClN3O4/c1-2-32-28(36)26(19-21-10-4-3-5-11-21)34(20-22-12-8-13-23(31)18-22)27(35)16-9-17-33-29(37)24-14-6-7-15-25(24)30(33)38/h3-8,10-15,18,26H,2,9,16-17,19-20H2,1H3,(H,32,36)/t26-/m0/s1. The van der Waals surface area contributed by atoms with Gasteiger partial charge in [0.05, 0.1) is 11.1 Å². The Morgan fingerprint density at radius 1 is 0.895 bits per heavy atom. The minimum absolute atomic E-state index is 0.0681. The van der Waals surface area contributed by atoms with Crippen molar-refractivity contribution in [2.45, 2.75) is 38.8 Å². The molecule has 0 bridgehead atoms. The molecule has 196 valence electrons. The van der Waals surface area contributed by atoms with Crippen LogP contribution in [-0.4, -0.2) is 52.6 Å². The molecule has 4 rings (SSSR count). The first kappa shape index (κ1) is 27.1. The number of nitrogens with zero attached hydrogens (tertiary/aromatic N) is 2. The van der Waals surface area contributed by atoms with E-state index in [4.69, 9.17) is 11.6 Å². The van der Waals surface area contributed by atoms with Gasteiger partial charge in [-0.1, -0.05) is 66.2 Å². The second-order valence-electron chi connectivity index (χ2n) is 9.16. The Kier molecular flexibility index (Phi) is 8.92. The Labute approximate surface area is 227 Å². The normalized spacial score (nSPS) is 13.3. The van der Waals surface area contributed by atoms with Crippen LogP contribution >= 0.6 is 11.6 Å². The molecule has 0 radical (unpaired) electrons. The molecule has 1 aliphatic rings. The first-order valence-electron chi connectivity index (χ1n) is 12.7. The van der Waals surface area contributed by atoms with E-state index in [-0.39, 0.29) is 49.6 Å². The maximum absolute atomic E-state index is 13.7. The van der Waals surface area contributed by atoms with Gasteiger partial charge in [-0.15, -0.1) is 0 Å². The van der Waals surface area contributed by atoms with Crippen molar-refractivity contribution in [1.29, 1.82) is 0 Å². The summed E-state index contributed by atoms with van der Waals surface area (Å²) in [7, 11) is 0. The number of hydrogen-bond acceptors (Lipinski definition) is 4. The molecule has 1 N–H and O–H groups in total. The monoisotopic (exact) mass is 531 g/mol. The Bertz CT molecular complexity index is 1290. The molecule has 8 heteroatoms. The third kappa shape index (κ3) is 6.29. The Morgan fingerprint density at radius 2 is 1.53 bits per heavy atom. The van der Waals surface area contributed by atoms with Crippen LogP contribution in [0, 0.1) is 0 Å². The van der Waals surface area contributed by atoms with E-state index < -0.39 is 6.04 Å². The zero-order chi connectivity index (χ0) is 27.1. The zero-order valence-electron chi connectivity index (χ0n) is 21.2. The number of halogens is 1. The summed E-state index contributed by atoms with van der Waals surface area (Å²) in [4.78, 5) is 55.0. The number of fused-ring (bicyclic) bond motifs is 1. The highest BCUT2D eigenvalue weighted by Crippen LogP contribution is 2.23. The highest BCUT2D eigenvalue weighted by molar-refractivity contribution is 6.30. The average molecular weight is 532 g/mol. The minimum Gasteiger partial charge on any atom is -0.355 e. The quantitative estimate of drug-likeness (QED) is 0.369. The number of hydrogen-bond donors (Lipinski definition) is 1. The summed E-state index contributed by atoms with van der Waals surface area (Å²) in [6.07, 6.45) is 0.694. The van der Waals surface area contributed by atoms with Gasteiger partial charge in [-0.25, -0.2) is 0 Å². The summed E-state index contributed by atoms with van der Waals surface area (Å²) >= 11 is 6.20. The lowest BCUT2D eigenvalue weighted by atomic mass is 10.0.